The summed E-state index contributed by atoms with van der Waals surface area (Å²) < 4.78 is 12.8. The number of fused-ring (bicyclic) bond motifs is 1. The minimum Gasteiger partial charge on any atom is -0.493 e. The summed E-state index contributed by atoms with van der Waals surface area (Å²) in [6.45, 7) is -0.470. The number of carbonyl (C=O) groups is 1. The largest absolute Gasteiger partial charge is 0.493 e. The highest BCUT2D eigenvalue weighted by Crippen LogP contribution is 2.34. The van der Waals surface area contributed by atoms with Gasteiger partial charge in [0, 0.05) is 5.92 Å². The highest BCUT2D eigenvalue weighted by molar-refractivity contribution is 14.1. The summed E-state index contributed by atoms with van der Waals surface area (Å²) in [7, 11) is 1.49. The molecule has 1 aliphatic rings. The SMILES string of the molecule is COc1cc(C=Nn2c(C3CCCCC3)nc3ccccc3c2=O)cc(I)c1OCC(=O)O. The number of hydrogen-bond acceptors (Lipinski definition) is 6. The van der Waals surface area contributed by atoms with Gasteiger partial charge >= 0.3 is 5.97 Å². The lowest BCUT2D eigenvalue weighted by atomic mass is 9.88. The number of carboxylic acids is 1. The second-order valence-corrected chi connectivity index (χ2v) is 9.06. The Bertz CT molecular complexity index is 1260. The number of nitrogens with zero attached hydrogens (tertiary/aromatic N) is 3. The Labute approximate surface area is 204 Å². The maximum absolute atomic E-state index is 13.3. The number of carboxylic acid groups (broad SMARTS) is 1. The van der Waals surface area contributed by atoms with Crippen molar-refractivity contribution in [2.45, 2.75) is 38.0 Å². The van der Waals surface area contributed by atoms with E-state index >= 15 is 0 Å². The summed E-state index contributed by atoms with van der Waals surface area (Å²) in [5, 5.41) is 14.0. The van der Waals surface area contributed by atoms with Crippen molar-refractivity contribution in [1.82, 2.24) is 9.66 Å². The van der Waals surface area contributed by atoms with Gasteiger partial charge in [0.2, 0.25) is 0 Å². The molecule has 8 nitrogen and oxygen atoms in total. The fourth-order valence-corrected chi connectivity index (χ4v) is 4.87. The van der Waals surface area contributed by atoms with Crippen LogP contribution in [0.25, 0.3) is 10.9 Å². The Morgan fingerprint density at radius 1 is 1.27 bits per heavy atom. The van der Waals surface area contributed by atoms with E-state index in [9.17, 15) is 9.59 Å². The molecule has 9 heteroatoms. The predicted molar refractivity (Wildman–Crippen MR) is 134 cm³/mol. The van der Waals surface area contributed by atoms with Gasteiger partial charge < -0.3 is 14.6 Å². The lowest BCUT2D eigenvalue weighted by molar-refractivity contribution is -0.139. The molecule has 0 amide bonds. The van der Waals surface area contributed by atoms with Gasteiger partial charge in [0.25, 0.3) is 5.56 Å². The average Bonchev–Trinajstić information content (AvgIpc) is 2.82. The van der Waals surface area contributed by atoms with E-state index < -0.39 is 12.6 Å². The summed E-state index contributed by atoms with van der Waals surface area (Å²) in [4.78, 5) is 29.0. The molecule has 33 heavy (non-hydrogen) atoms. The lowest BCUT2D eigenvalue weighted by Crippen LogP contribution is -2.25. The highest BCUT2D eigenvalue weighted by atomic mass is 127. The number of benzene rings is 2. The molecule has 0 atom stereocenters. The molecule has 3 aromatic rings. The predicted octanol–water partition coefficient (Wildman–Crippen LogP) is 4.40. The number of aromatic nitrogens is 2. The highest BCUT2D eigenvalue weighted by Gasteiger charge is 2.22. The molecule has 1 fully saturated rings. The van der Waals surface area contributed by atoms with Gasteiger partial charge in [0.1, 0.15) is 5.82 Å². The molecule has 0 aliphatic heterocycles. The Balaban J connectivity index is 1.76. The maximum Gasteiger partial charge on any atom is 0.341 e. The van der Waals surface area contributed by atoms with Gasteiger partial charge in [-0.15, -0.1) is 0 Å². The molecule has 1 aliphatic carbocycles. The smallest absolute Gasteiger partial charge is 0.341 e. The molecule has 0 bridgehead atoms. The third-order valence-corrected chi connectivity index (χ3v) is 6.46. The fraction of sp³-hybridized carbons (Fsp3) is 0.333. The van der Waals surface area contributed by atoms with E-state index in [-0.39, 0.29) is 11.5 Å². The van der Waals surface area contributed by atoms with E-state index in [0.717, 1.165) is 25.7 Å². The standard InChI is InChI=1S/C24H24IN3O5/c1-32-20-12-15(11-18(25)22(20)33-14-21(29)30)13-26-28-23(16-7-3-2-4-8-16)27-19-10-6-5-9-17(19)24(28)31/h5-6,9-13,16H,2-4,7-8,14H2,1H3,(H,29,30). The third-order valence-electron chi connectivity index (χ3n) is 5.66. The first-order valence-electron chi connectivity index (χ1n) is 10.8. The van der Waals surface area contributed by atoms with Crippen LogP contribution in [0.3, 0.4) is 0 Å². The van der Waals surface area contributed by atoms with Gasteiger partial charge in [-0.3, -0.25) is 4.79 Å². The first kappa shape index (κ1) is 23.2. The fourth-order valence-electron chi connectivity index (χ4n) is 4.09. The van der Waals surface area contributed by atoms with Crippen LogP contribution >= 0.6 is 22.6 Å². The van der Waals surface area contributed by atoms with Crippen LogP contribution in [0.5, 0.6) is 11.5 Å². The number of methoxy groups -OCH3 is 1. The van der Waals surface area contributed by atoms with Crippen LogP contribution in [0.15, 0.2) is 46.3 Å². The first-order chi connectivity index (χ1) is 16.0. The van der Waals surface area contributed by atoms with Crippen LogP contribution in [0.1, 0.15) is 49.4 Å². The van der Waals surface area contributed by atoms with Gasteiger partial charge in [0.15, 0.2) is 18.1 Å². The van der Waals surface area contributed by atoms with E-state index in [1.165, 1.54) is 18.2 Å². The van der Waals surface area contributed by atoms with Crippen LogP contribution in [-0.4, -0.2) is 40.7 Å². The van der Waals surface area contributed by atoms with E-state index in [0.29, 0.717) is 37.4 Å². The number of halogens is 1. The zero-order valence-electron chi connectivity index (χ0n) is 18.2. The van der Waals surface area contributed by atoms with E-state index in [1.54, 1.807) is 24.4 Å². The molecule has 172 valence electrons. The van der Waals surface area contributed by atoms with Crippen molar-refractivity contribution in [3.63, 3.8) is 0 Å². The molecule has 1 heterocycles. The molecule has 1 aromatic heterocycles. The molecule has 0 radical (unpaired) electrons. The maximum atomic E-state index is 13.3. The van der Waals surface area contributed by atoms with Crippen LogP contribution in [0.2, 0.25) is 0 Å². The molecular weight excluding hydrogens is 537 g/mol. The quantitative estimate of drug-likeness (QED) is 0.339. The topological polar surface area (TPSA) is 103 Å². The number of ether oxygens (including phenoxy) is 2. The molecule has 1 N–H and O–H groups in total. The van der Waals surface area contributed by atoms with Gasteiger partial charge in [-0.1, -0.05) is 31.4 Å². The minimum absolute atomic E-state index is 0.190. The monoisotopic (exact) mass is 561 g/mol. The third kappa shape index (κ3) is 5.18. The van der Waals surface area contributed by atoms with Crippen molar-refractivity contribution < 1.29 is 19.4 Å². The lowest BCUT2D eigenvalue weighted by Gasteiger charge is -2.22. The second kappa shape index (κ2) is 10.3. The first-order valence-corrected chi connectivity index (χ1v) is 11.8. The van der Waals surface area contributed by atoms with Crippen LogP contribution in [0.4, 0.5) is 0 Å². The molecular formula is C24H24IN3O5. The van der Waals surface area contributed by atoms with Gasteiger partial charge in [-0.05, 0) is 65.3 Å². The molecule has 0 unspecified atom stereocenters. The Morgan fingerprint density at radius 3 is 2.76 bits per heavy atom. The van der Waals surface area contributed by atoms with Crippen molar-refractivity contribution in [2.24, 2.45) is 5.10 Å². The average molecular weight is 561 g/mol. The number of para-hydroxylation sites is 1. The number of aliphatic carboxylic acids is 1. The van der Waals surface area contributed by atoms with Gasteiger partial charge in [-0.2, -0.15) is 9.78 Å². The van der Waals surface area contributed by atoms with E-state index in [1.807, 2.05) is 18.2 Å². The van der Waals surface area contributed by atoms with Crippen LogP contribution < -0.4 is 15.0 Å². The van der Waals surface area contributed by atoms with Crippen LogP contribution in [-0.2, 0) is 4.79 Å². The van der Waals surface area contributed by atoms with E-state index in [2.05, 4.69) is 27.7 Å². The summed E-state index contributed by atoms with van der Waals surface area (Å²) >= 11 is 2.06. The number of rotatable bonds is 7. The molecule has 1 saturated carbocycles. The zero-order chi connectivity index (χ0) is 23.4. The van der Waals surface area contributed by atoms with Gasteiger partial charge in [-0.25, -0.2) is 9.78 Å². The Hall–Kier alpha value is -2.95. The zero-order valence-corrected chi connectivity index (χ0v) is 20.3. The van der Waals surface area contributed by atoms with E-state index in [4.69, 9.17) is 19.6 Å². The summed E-state index contributed by atoms with van der Waals surface area (Å²) in [5.74, 6) is 0.551. The van der Waals surface area contributed by atoms with Gasteiger partial charge in [0.05, 0.1) is 27.8 Å². The molecule has 0 spiro atoms. The van der Waals surface area contributed by atoms with Crippen LogP contribution in [0, 0.1) is 3.57 Å². The van der Waals surface area contributed by atoms with Crippen molar-refractivity contribution in [1.29, 1.82) is 0 Å². The molecule has 0 saturated heterocycles. The minimum atomic E-state index is -1.07. The van der Waals surface area contributed by atoms with Crippen molar-refractivity contribution in [2.75, 3.05) is 13.7 Å². The normalized spacial score (nSPS) is 14.6. The van der Waals surface area contributed by atoms with Crippen molar-refractivity contribution >= 4 is 45.7 Å². The van der Waals surface area contributed by atoms with Crippen molar-refractivity contribution in [3.8, 4) is 11.5 Å². The Morgan fingerprint density at radius 2 is 2.03 bits per heavy atom. The summed E-state index contributed by atoms with van der Waals surface area (Å²) in [6.07, 6.45) is 7.00. The Kier molecular flexibility index (Phi) is 7.26. The van der Waals surface area contributed by atoms with Crippen molar-refractivity contribution in [3.05, 3.63) is 61.7 Å². The second-order valence-electron chi connectivity index (χ2n) is 7.90. The molecule has 2 aromatic carbocycles. The summed E-state index contributed by atoms with van der Waals surface area (Å²) in [6, 6.07) is 10.8. The molecule has 4 rings (SSSR count). The number of hydrogen-bond donors (Lipinski definition) is 1. The summed E-state index contributed by atoms with van der Waals surface area (Å²) in [5.41, 5.74) is 1.18.